The van der Waals surface area contributed by atoms with E-state index in [4.69, 9.17) is 5.11 Å². The fourth-order valence-corrected chi connectivity index (χ4v) is 3.14. The molecule has 2 heterocycles. The van der Waals surface area contributed by atoms with Gasteiger partial charge in [-0.25, -0.2) is 9.78 Å². The Morgan fingerprint density at radius 3 is 2.65 bits per heavy atom. The number of imide groups is 1. The van der Waals surface area contributed by atoms with Crippen LogP contribution in [0.3, 0.4) is 0 Å². The maximum absolute atomic E-state index is 12.1. The molecule has 2 fully saturated rings. The normalized spacial score (nSPS) is 22.4. The van der Waals surface area contributed by atoms with Crippen molar-refractivity contribution in [1.82, 2.24) is 9.88 Å². The molecular formula is C13H12N2O4S. The van der Waals surface area contributed by atoms with Gasteiger partial charge in [0.05, 0.1) is 15.8 Å². The minimum absolute atomic E-state index is 0.0998. The van der Waals surface area contributed by atoms with Crippen LogP contribution in [0.1, 0.15) is 29.6 Å². The minimum Gasteiger partial charge on any atom is -0.478 e. The van der Waals surface area contributed by atoms with Crippen LogP contribution in [-0.2, 0) is 9.59 Å². The van der Waals surface area contributed by atoms with Crippen molar-refractivity contribution in [2.24, 2.45) is 0 Å². The number of nitrogens with zero attached hydrogens (tertiary/aromatic N) is 2. The van der Waals surface area contributed by atoms with E-state index >= 15 is 0 Å². The zero-order chi connectivity index (χ0) is 14.3. The average molecular weight is 292 g/mol. The maximum atomic E-state index is 12.1. The second-order valence-electron chi connectivity index (χ2n) is 4.83. The molecule has 1 aromatic heterocycles. The van der Waals surface area contributed by atoms with Crippen molar-refractivity contribution >= 4 is 29.5 Å². The SMILES string of the molecule is O=C(O)c1ccc(SC2CC(=O)N(C3CC3)C2=O)nc1. The number of carboxylic acids is 1. The predicted octanol–water partition coefficient (Wildman–Crippen LogP) is 1.16. The fourth-order valence-electron chi connectivity index (χ4n) is 2.15. The van der Waals surface area contributed by atoms with Gasteiger partial charge in [-0.05, 0) is 25.0 Å². The number of likely N-dealkylation sites (tertiary alicyclic amines) is 1. The minimum atomic E-state index is -1.04. The fraction of sp³-hybridized carbons (Fsp3) is 0.385. The highest BCUT2D eigenvalue weighted by atomic mass is 32.2. The summed E-state index contributed by atoms with van der Waals surface area (Å²) in [6.07, 6.45) is 3.26. The van der Waals surface area contributed by atoms with Crippen LogP contribution in [-0.4, -0.2) is 44.1 Å². The maximum Gasteiger partial charge on any atom is 0.337 e. The molecule has 20 heavy (non-hydrogen) atoms. The van der Waals surface area contributed by atoms with E-state index in [1.807, 2.05) is 0 Å². The van der Waals surface area contributed by atoms with E-state index in [0.717, 1.165) is 12.8 Å². The summed E-state index contributed by atoms with van der Waals surface area (Å²) in [6.45, 7) is 0. The van der Waals surface area contributed by atoms with Gasteiger partial charge in [-0.3, -0.25) is 14.5 Å². The first-order valence-electron chi connectivity index (χ1n) is 6.28. The highest BCUT2D eigenvalue weighted by molar-refractivity contribution is 8.00. The van der Waals surface area contributed by atoms with E-state index in [-0.39, 0.29) is 29.8 Å². The van der Waals surface area contributed by atoms with Gasteiger partial charge in [0.25, 0.3) is 0 Å². The van der Waals surface area contributed by atoms with E-state index in [1.165, 1.54) is 28.9 Å². The molecule has 0 bridgehead atoms. The summed E-state index contributed by atoms with van der Waals surface area (Å²) in [7, 11) is 0. The van der Waals surface area contributed by atoms with E-state index in [0.29, 0.717) is 5.03 Å². The zero-order valence-corrected chi connectivity index (χ0v) is 11.3. The van der Waals surface area contributed by atoms with Gasteiger partial charge in [0, 0.05) is 18.7 Å². The molecule has 1 unspecified atom stereocenters. The Morgan fingerprint density at radius 2 is 2.10 bits per heavy atom. The molecule has 104 valence electrons. The number of aromatic nitrogens is 1. The van der Waals surface area contributed by atoms with Crippen LogP contribution in [0.2, 0.25) is 0 Å². The Labute approximate surface area is 119 Å². The highest BCUT2D eigenvalue weighted by Gasteiger charge is 2.46. The summed E-state index contributed by atoms with van der Waals surface area (Å²) in [5.74, 6) is -1.30. The van der Waals surface area contributed by atoms with Crippen molar-refractivity contribution in [2.45, 2.75) is 35.6 Å². The van der Waals surface area contributed by atoms with Gasteiger partial charge in [-0.2, -0.15) is 0 Å². The molecule has 1 atom stereocenters. The molecule has 1 aliphatic carbocycles. The van der Waals surface area contributed by atoms with Crippen LogP contribution in [0.4, 0.5) is 0 Å². The Bertz CT molecular complexity index is 583. The Morgan fingerprint density at radius 1 is 1.35 bits per heavy atom. The molecule has 7 heteroatoms. The molecular weight excluding hydrogens is 280 g/mol. The first-order valence-corrected chi connectivity index (χ1v) is 7.16. The van der Waals surface area contributed by atoms with E-state index in [2.05, 4.69) is 4.98 Å². The quantitative estimate of drug-likeness (QED) is 0.838. The topological polar surface area (TPSA) is 87.6 Å². The number of rotatable bonds is 4. The lowest BCUT2D eigenvalue weighted by Crippen LogP contribution is -2.33. The van der Waals surface area contributed by atoms with Crippen LogP contribution in [0.5, 0.6) is 0 Å². The zero-order valence-electron chi connectivity index (χ0n) is 10.5. The van der Waals surface area contributed by atoms with Gasteiger partial charge in [-0.15, -0.1) is 0 Å². The van der Waals surface area contributed by atoms with Crippen molar-refractivity contribution < 1.29 is 19.5 Å². The lowest BCUT2D eigenvalue weighted by molar-refractivity contribution is -0.138. The largest absolute Gasteiger partial charge is 0.478 e. The molecule has 1 N–H and O–H groups in total. The molecule has 0 radical (unpaired) electrons. The lowest BCUT2D eigenvalue weighted by atomic mass is 10.3. The molecule has 2 amide bonds. The molecule has 6 nitrogen and oxygen atoms in total. The van der Waals surface area contributed by atoms with Crippen molar-refractivity contribution in [3.8, 4) is 0 Å². The molecule has 0 spiro atoms. The molecule has 0 aromatic carbocycles. The third kappa shape index (κ3) is 2.40. The van der Waals surface area contributed by atoms with E-state index in [9.17, 15) is 14.4 Å². The Kier molecular flexibility index (Phi) is 3.21. The Balaban J connectivity index is 1.70. The Hall–Kier alpha value is -1.89. The van der Waals surface area contributed by atoms with Gasteiger partial charge < -0.3 is 5.11 Å². The monoisotopic (exact) mass is 292 g/mol. The van der Waals surface area contributed by atoms with Crippen LogP contribution >= 0.6 is 11.8 Å². The van der Waals surface area contributed by atoms with Gasteiger partial charge in [0.15, 0.2) is 0 Å². The van der Waals surface area contributed by atoms with Crippen molar-refractivity contribution in [2.75, 3.05) is 0 Å². The number of carboxylic acid groups (broad SMARTS) is 1. The average Bonchev–Trinajstić information content (AvgIpc) is 3.19. The number of hydrogen-bond acceptors (Lipinski definition) is 5. The van der Waals surface area contributed by atoms with Crippen molar-refractivity contribution in [1.29, 1.82) is 0 Å². The molecule has 1 saturated heterocycles. The number of aromatic carboxylic acids is 1. The summed E-state index contributed by atoms with van der Waals surface area (Å²) in [5, 5.41) is 8.90. The van der Waals surface area contributed by atoms with Gasteiger partial charge in [-0.1, -0.05) is 11.8 Å². The van der Waals surface area contributed by atoms with Crippen LogP contribution < -0.4 is 0 Å². The first kappa shape index (κ1) is 13.1. The summed E-state index contributed by atoms with van der Waals surface area (Å²) in [4.78, 5) is 40.1. The third-order valence-corrected chi connectivity index (χ3v) is 4.44. The first-order chi connectivity index (χ1) is 9.56. The number of thioether (sulfide) groups is 1. The summed E-state index contributed by atoms with van der Waals surface area (Å²) < 4.78 is 0. The predicted molar refractivity (Wildman–Crippen MR) is 70.3 cm³/mol. The molecule has 1 aliphatic heterocycles. The van der Waals surface area contributed by atoms with Crippen LogP contribution in [0.25, 0.3) is 0 Å². The third-order valence-electron chi connectivity index (χ3n) is 3.30. The number of pyridine rings is 1. The smallest absolute Gasteiger partial charge is 0.337 e. The van der Waals surface area contributed by atoms with Crippen molar-refractivity contribution in [3.05, 3.63) is 23.9 Å². The van der Waals surface area contributed by atoms with Crippen LogP contribution in [0, 0.1) is 0 Å². The van der Waals surface area contributed by atoms with Gasteiger partial charge in [0.1, 0.15) is 0 Å². The van der Waals surface area contributed by atoms with Gasteiger partial charge in [0.2, 0.25) is 11.8 Å². The van der Waals surface area contributed by atoms with Gasteiger partial charge >= 0.3 is 5.97 Å². The van der Waals surface area contributed by atoms with E-state index < -0.39 is 11.2 Å². The molecule has 1 saturated carbocycles. The molecule has 3 rings (SSSR count). The summed E-state index contributed by atoms with van der Waals surface area (Å²) >= 11 is 1.22. The summed E-state index contributed by atoms with van der Waals surface area (Å²) in [5.41, 5.74) is 0.0998. The number of hydrogen-bond donors (Lipinski definition) is 1. The number of carbonyl (C=O) groups is 3. The second-order valence-corrected chi connectivity index (χ2v) is 6.06. The van der Waals surface area contributed by atoms with Crippen LogP contribution in [0.15, 0.2) is 23.4 Å². The standard InChI is InChI=1S/C13H12N2O4S/c16-11-5-9(12(17)15(11)8-2-3-8)20-10-4-1-7(6-14-10)13(18)19/h1,4,6,8-9H,2-3,5H2,(H,18,19). The lowest BCUT2D eigenvalue weighted by Gasteiger charge is -2.13. The number of carbonyl (C=O) groups excluding carboxylic acids is 2. The highest BCUT2D eigenvalue weighted by Crippen LogP contribution is 2.36. The molecule has 2 aliphatic rings. The van der Waals surface area contributed by atoms with Crippen molar-refractivity contribution in [3.63, 3.8) is 0 Å². The summed E-state index contributed by atoms with van der Waals surface area (Å²) in [6, 6.07) is 3.10. The number of amides is 2. The van der Waals surface area contributed by atoms with E-state index in [1.54, 1.807) is 6.07 Å². The molecule has 1 aromatic rings. The second kappa shape index (κ2) is 4.90.